The number of nitrogen functional groups attached to an aromatic ring is 1. The highest BCUT2D eigenvalue weighted by molar-refractivity contribution is 7.19. The summed E-state index contributed by atoms with van der Waals surface area (Å²) < 4.78 is 0. The van der Waals surface area contributed by atoms with Gasteiger partial charge in [0, 0.05) is 16.3 Å². The van der Waals surface area contributed by atoms with Gasteiger partial charge in [-0.15, -0.1) is 11.3 Å². The quantitative estimate of drug-likeness (QED) is 0.335. The predicted molar refractivity (Wildman–Crippen MR) is 106 cm³/mol. The van der Waals surface area contributed by atoms with Crippen LogP contribution in [-0.2, 0) is 0 Å². The van der Waals surface area contributed by atoms with Crippen molar-refractivity contribution in [3.05, 3.63) is 81.5 Å². The predicted octanol–water partition coefficient (Wildman–Crippen LogP) is 4.78. The van der Waals surface area contributed by atoms with Crippen LogP contribution in [0.4, 0.5) is 22.1 Å². The number of anilines is 4. The third-order valence-electron chi connectivity index (χ3n) is 3.57. The van der Waals surface area contributed by atoms with Gasteiger partial charge in [0.25, 0.3) is 11.8 Å². The molecule has 8 nitrogen and oxygen atoms in total. The summed E-state index contributed by atoms with van der Waals surface area (Å²) in [6.45, 7) is 0. The summed E-state index contributed by atoms with van der Waals surface area (Å²) in [6, 6.07) is 18.0. The lowest BCUT2D eigenvalue weighted by Crippen LogP contribution is -2.14. The van der Waals surface area contributed by atoms with E-state index in [1.54, 1.807) is 24.3 Å². The van der Waals surface area contributed by atoms with Crippen molar-refractivity contribution in [1.29, 1.82) is 0 Å². The topological polar surface area (TPSA) is 133 Å². The van der Waals surface area contributed by atoms with E-state index in [0.29, 0.717) is 10.7 Å². The molecule has 9 heteroatoms. The summed E-state index contributed by atoms with van der Waals surface area (Å²) in [5, 5.41) is 9.28. The fourth-order valence-electron chi connectivity index (χ4n) is 2.37. The van der Waals surface area contributed by atoms with Gasteiger partial charge in [0.2, 0.25) is 0 Å². The second kappa shape index (κ2) is 8.05. The molecular weight excluding hydrogens is 364 g/mol. The molecule has 1 aromatic heterocycles. The minimum absolute atomic E-state index is 0.00411. The Labute approximate surface area is 158 Å². The summed E-state index contributed by atoms with van der Waals surface area (Å²) in [6.07, 6.45) is 0. The Bertz CT molecular complexity index is 1030. The molecule has 0 atom stereocenters. The average Bonchev–Trinajstić information content (AvgIpc) is 2.99. The molecular formula is C18H14N6O2S. The van der Waals surface area contributed by atoms with Crippen molar-refractivity contribution in [2.24, 2.45) is 5.11 Å². The lowest BCUT2D eigenvalue weighted by Gasteiger charge is -2.09. The van der Waals surface area contributed by atoms with Crippen LogP contribution in [0.1, 0.15) is 20.0 Å². The fourth-order valence-corrected chi connectivity index (χ4v) is 3.39. The van der Waals surface area contributed by atoms with Crippen molar-refractivity contribution in [2.75, 3.05) is 16.4 Å². The molecule has 1 heterocycles. The fraction of sp³-hybridized carbons (Fsp3) is 0. The van der Waals surface area contributed by atoms with E-state index in [9.17, 15) is 9.59 Å². The van der Waals surface area contributed by atoms with Gasteiger partial charge in [-0.3, -0.25) is 9.59 Å². The largest absolute Gasteiger partial charge is 0.397 e. The molecule has 0 aliphatic heterocycles. The molecule has 2 amide bonds. The van der Waals surface area contributed by atoms with Crippen LogP contribution < -0.4 is 16.4 Å². The standard InChI is InChI=1S/C18H14N6O2S/c19-14-13(16(25)21-11-7-3-1-4-8-11)18(22-12-9-5-2-6-10-12)27-15(14)17(26)23-24-20/h1-10,22H,19H2,(H,21,25). The van der Waals surface area contributed by atoms with E-state index >= 15 is 0 Å². The number of carbonyl (C=O) groups excluding carboxylic acids is 2. The molecule has 0 aliphatic rings. The van der Waals surface area contributed by atoms with E-state index in [0.717, 1.165) is 17.0 Å². The maximum atomic E-state index is 12.8. The number of para-hydroxylation sites is 2. The first-order chi connectivity index (χ1) is 13.1. The zero-order chi connectivity index (χ0) is 19.2. The summed E-state index contributed by atoms with van der Waals surface area (Å²) in [5.74, 6) is -1.32. The molecule has 3 aromatic rings. The smallest absolute Gasteiger partial charge is 0.261 e. The van der Waals surface area contributed by atoms with Gasteiger partial charge >= 0.3 is 0 Å². The highest BCUT2D eigenvalue weighted by Crippen LogP contribution is 2.38. The zero-order valence-corrected chi connectivity index (χ0v) is 14.7. The Kier molecular flexibility index (Phi) is 5.36. The van der Waals surface area contributed by atoms with E-state index in [1.807, 2.05) is 36.4 Å². The van der Waals surface area contributed by atoms with Crippen LogP contribution in [0.2, 0.25) is 0 Å². The highest BCUT2D eigenvalue weighted by atomic mass is 32.1. The van der Waals surface area contributed by atoms with Crippen molar-refractivity contribution in [2.45, 2.75) is 0 Å². The normalized spacial score (nSPS) is 9.93. The maximum Gasteiger partial charge on any atom is 0.261 e. The Hall–Kier alpha value is -3.81. The molecule has 0 aliphatic carbocycles. The van der Waals surface area contributed by atoms with Crippen molar-refractivity contribution >= 4 is 45.2 Å². The number of hydrogen-bond donors (Lipinski definition) is 3. The Morgan fingerprint density at radius 3 is 2.19 bits per heavy atom. The van der Waals surface area contributed by atoms with E-state index in [-0.39, 0.29) is 16.1 Å². The van der Waals surface area contributed by atoms with Gasteiger partial charge in [0.05, 0.1) is 11.3 Å². The summed E-state index contributed by atoms with van der Waals surface area (Å²) in [7, 11) is 0. The number of nitrogens with zero attached hydrogens (tertiary/aromatic N) is 3. The summed E-state index contributed by atoms with van der Waals surface area (Å²) >= 11 is 0.957. The molecule has 134 valence electrons. The Balaban J connectivity index is 2.02. The second-order valence-corrected chi connectivity index (χ2v) is 6.38. The number of hydrogen-bond acceptors (Lipinski definition) is 5. The van der Waals surface area contributed by atoms with Crippen molar-refractivity contribution in [1.82, 2.24) is 0 Å². The molecule has 0 saturated carbocycles. The number of benzene rings is 2. The van der Waals surface area contributed by atoms with Gasteiger partial charge < -0.3 is 16.4 Å². The van der Waals surface area contributed by atoms with Gasteiger partial charge in [0.1, 0.15) is 9.88 Å². The summed E-state index contributed by atoms with van der Waals surface area (Å²) in [5.41, 5.74) is 15.9. The SMILES string of the molecule is [N-]=[N+]=NC(=O)c1sc(Nc2ccccc2)c(C(=O)Nc2ccccc2)c1N. The Morgan fingerprint density at radius 1 is 1.00 bits per heavy atom. The highest BCUT2D eigenvalue weighted by Gasteiger charge is 2.25. The van der Waals surface area contributed by atoms with Crippen molar-refractivity contribution in [3.8, 4) is 0 Å². The number of amides is 2. The molecule has 0 saturated heterocycles. The van der Waals surface area contributed by atoms with Gasteiger partial charge in [-0.1, -0.05) is 36.4 Å². The van der Waals surface area contributed by atoms with E-state index in [1.165, 1.54) is 0 Å². The van der Waals surface area contributed by atoms with Crippen LogP contribution in [0.25, 0.3) is 10.4 Å². The van der Waals surface area contributed by atoms with E-state index in [4.69, 9.17) is 11.3 Å². The third-order valence-corrected chi connectivity index (χ3v) is 4.67. The van der Waals surface area contributed by atoms with Gasteiger partial charge in [0.15, 0.2) is 0 Å². The zero-order valence-electron chi connectivity index (χ0n) is 13.9. The van der Waals surface area contributed by atoms with Crippen LogP contribution >= 0.6 is 11.3 Å². The number of nitrogens with one attached hydrogen (secondary N) is 2. The molecule has 27 heavy (non-hydrogen) atoms. The molecule has 3 rings (SSSR count). The molecule has 0 bridgehead atoms. The second-order valence-electron chi connectivity index (χ2n) is 5.35. The van der Waals surface area contributed by atoms with Crippen LogP contribution in [0.5, 0.6) is 0 Å². The molecule has 0 fully saturated rings. The van der Waals surface area contributed by atoms with Crippen LogP contribution in [0.15, 0.2) is 65.8 Å². The molecule has 0 unspecified atom stereocenters. The van der Waals surface area contributed by atoms with Crippen LogP contribution in [0.3, 0.4) is 0 Å². The molecule has 2 aromatic carbocycles. The average molecular weight is 378 g/mol. The van der Waals surface area contributed by atoms with Gasteiger partial charge in [-0.2, -0.15) is 0 Å². The van der Waals surface area contributed by atoms with Crippen LogP contribution in [0, 0.1) is 0 Å². The number of carbonyl (C=O) groups is 2. The maximum absolute atomic E-state index is 12.8. The minimum atomic E-state index is -0.838. The molecule has 0 spiro atoms. The summed E-state index contributed by atoms with van der Waals surface area (Å²) in [4.78, 5) is 27.3. The third kappa shape index (κ3) is 4.06. The van der Waals surface area contributed by atoms with E-state index < -0.39 is 11.8 Å². The number of azide groups is 1. The first-order valence-electron chi connectivity index (χ1n) is 7.80. The van der Waals surface area contributed by atoms with Crippen LogP contribution in [-0.4, -0.2) is 11.8 Å². The lowest BCUT2D eigenvalue weighted by atomic mass is 10.2. The van der Waals surface area contributed by atoms with E-state index in [2.05, 4.69) is 20.7 Å². The van der Waals surface area contributed by atoms with Crippen molar-refractivity contribution in [3.63, 3.8) is 0 Å². The Morgan fingerprint density at radius 2 is 1.59 bits per heavy atom. The van der Waals surface area contributed by atoms with Gasteiger partial charge in [-0.05, 0) is 34.9 Å². The first kappa shape index (κ1) is 18.0. The monoisotopic (exact) mass is 378 g/mol. The number of nitrogens with two attached hydrogens (primary N) is 1. The van der Waals surface area contributed by atoms with Crippen molar-refractivity contribution < 1.29 is 9.59 Å². The van der Waals surface area contributed by atoms with Gasteiger partial charge in [-0.25, -0.2) is 0 Å². The molecule has 4 N–H and O–H groups in total. The minimum Gasteiger partial charge on any atom is -0.397 e. The number of thiophene rings is 1. The molecule has 0 radical (unpaired) electrons. The number of rotatable bonds is 5. The first-order valence-corrected chi connectivity index (χ1v) is 8.62. The lowest BCUT2D eigenvalue weighted by molar-refractivity contribution is 0.100.